The molecule has 7 nitrogen and oxygen atoms in total. The molecule has 1 aromatic rings. The number of carbonyl (C=O) groups excluding carboxylic acids is 2. The van der Waals surface area contributed by atoms with Gasteiger partial charge in [-0.05, 0) is 25.0 Å². The molecule has 140 valence electrons. The molecule has 1 heterocycles. The predicted octanol–water partition coefficient (Wildman–Crippen LogP) is 1.99. The van der Waals surface area contributed by atoms with Crippen LogP contribution in [0.5, 0.6) is 0 Å². The lowest BCUT2D eigenvalue weighted by Crippen LogP contribution is -2.41. The summed E-state index contributed by atoms with van der Waals surface area (Å²) in [5, 5.41) is 12.2. The fraction of sp³-hybridized carbons (Fsp3) is 0.526. The molecule has 1 aliphatic carbocycles. The molecule has 2 amide bonds. The fourth-order valence-electron chi connectivity index (χ4n) is 3.68. The lowest BCUT2D eigenvalue weighted by atomic mass is 9.78. The first kappa shape index (κ1) is 18.4. The number of carbonyl (C=O) groups is 3. The minimum Gasteiger partial charge on any atom is -0.481 e. The van der Waals surface area contributed by atoms with Gasteiger partial charge in [-0.1, -0.05) is 25.0 Å². The van der Waals surface area contributed by atoms with Gasteiger partial charge in [-0.15, -0.1) is 0 Å². The van der Waals surface area contributed by atoms with Crippen molar-refractivity contribution < 1.29 is 24.2 Å². The van der Waals surface area contributed by atoms with Gasteiger partial charge < -0.3 is 20.1 Å². The maximum Gasteiger partial charge on any atom is 0.307 e. The molecule has 1 saturated carbocycles. The van der Waals surface area contributed by atoms with Gasteiger partial charge in [0.05, 0.1) is 36.3 Å². The third kappa shape index (κ3) is 4.04. The highest BCUT2D eigenvalue weighted by Crippen LogP contribution is 2.31. The molecule has 2 N–H and O–H groups in total. The average molecular weight is 360 g/mol. The van der Waals surface area contributed by atoms with Crippen LogP contribution >= 0.6 is 0 Å². The van der Waals surface area contributed by atoms with Crippen molar-refractivity contribution in [3.8, 4) is 0 Å². The number of ether oxygens (including phenoxy) is 1. The highest BCUT2D eigenvalue weighted by Gasteiger charge is 2.36. The first-order valence-corrected chi connectivity index (χ1v) is 9.07. The van der Waals surface area contributed by atoms with Crippen molar-refractivity contribution in [1.29, 1.82) is 0 Å². The second kappa shape index (κ2) is 8.31. The van der Waals surface area contributed by atoms with Crippen LogP contribution in [0.4, 0.5) is 5.69 Å². The summed E-state index contributed by atoms with van der Waals surface area (Å²) < 4.78 is 5.27. The second-order valence-electron chi connectivity index (χ2n) is 6.78. The molecule has 26 heavy (non-hydrogen) atoms. The van der Waals surface area contributed by atoms with Crippen LogP contribution in [0.3, 0.4) is 0 Å². The molecule has 0 spiro atoms. The maximum atomic E-state index is 12.8. The maximum absolute atomic E-state index is 12.8. The van der Waals surface area contributed by atoms with E-state index in [1.165, 1.54) is 0 Å². The first-order valence-electron chi connectivity index (χ1n) is 9.07. The largest absolute Gasteiger partial charge is 0.481 e. The van der Waals surface area contributed by atoms with E-state index in [2.05, 4.69) is 5.32 Å². The van der Waals surface area contributed by atoms with Crippen LogP contribution in [-0.4, -0.2) is 54.1 Å². The van der Waals surface area contributed by atoms with E-state index in [1.54, 1.807) is 29.2 Å². The number of carboxylic acids is 1. The quantitative estimate of drug-likeness (QED) is 0.856. The Balaban J connectivity index is 1.76. The lowest BCUT2D eigenvalue weighted by molar-refractivity contribution is -0.147. The van der Waals surface area contributed by atoms with Crippen LogP contribution in [0.25, 0.3) is 0 Å². The highest BCUT2D eigenvalue weighted by atomic mass is 16.5. The Labute approximate surface area is 152 Å². The van der Waals surface area contributed by atoms with E-state index in [0.717, 1.165) is 12.8 Å². The van der Waals surface area contributed by atoms with Crippen LogP contribution in [0.15, 0.2) is 24.3 Å². The minimum absolute atomic E-state index is 0.150. The molecule has 0 bridgehead atoms. The van der Waals surface area contributed by atoms with Crippen LogP contribution < -0.4 is 5.32 Å². The summed E-state index contributed by atoms with van der Waals surface area (Å²) in [7, 11) is 0. The fourth-order valence-corrected chi connectivity index (χ4v) is 3.68. The van der Waals surface area contributed by atoms with E-state index < -0.39 is 17.8 Å². The summed E-state index contributed by atoms with van der Waals surface area (Å²) in [5.74, 6) is -2.62. The molecule has 7 heteroatoms. The van der Waals surface area contributed by atoms with Gasteiger partial charge >= 0.3 is 5.97 Å². The zero-order chi connectivity index (χ0) is 18.5. The first-order chi connectivity index (χ1) is 12.6. The van der Waals surface area contributed by atoms with Gasteiger partial charge in [-0.2, -0.15) is 0 Å². The Morgan fingerprint density at radius 3 is 2.38 bits per heavy atom. The number of nitrogens with zero attached hydrogens (tertiary/aromatic N) is 1. The standard InChI is InChI=1S/C19H24N2O5/c22-17(13-5-1-2-6-14(13)19(24)25)20-16-8-4-3-7-15(16)18(23)21-9-11-26-12-10-21/h3-4,7-8,13-14H,1-2,5-6,9-12H2,(H,20,22)(H,24,25)/t13-,14-/m0/s1. The number of hydrogen-bond donors (Lipinski definition) is 2. The van der Waals surface area contributed by atoms with Crippen molar-refractivity contribution in [3.63, 3.8) is 0 Å². The Morgan fingerprint density at radius 1 is 1.04 bits per heavy atom. The molecule has 2 atom stereocenters. The van der Waals surface area contributed by atoms with Gasteiger partial charge in [0, 0.05) is 13.1 Å². The average Bonchev–Trinajstić information content (AvgIpc) is 2.68. The summed E-state index contributed by atoms with van der Waals surface area (Å²) in [5.41, 5.74) is 0.856. The topological polar surface area (TPSA) is 95.9 Å². The number of nitrogens with one attached hydrogen (secondary N) is 1. The second-order valence-corrected chi connectivity index (χ2v) is 6.78. The van der Waals surface area contributed by atoms with Gasteiger partial charge in [-0.25, -0.2) is 0 Å². The van der Waals surface area contributed by atoms with E-state index in [0.29, 0.717) is 50.4 Å². The number of aliphatic carboxylic acids is 1. The van der Waals surface area contributed by atoms with Crippen LogP contribution in [0, 0.1) is 11.8 Å². The Kier molecular flexibility index (Phi) is 5.88. The van der Waals surface area contributed by atoms with Gasteiger partial charge in [-0.3, -0.25) is 14.4 Å². The number of rotatable bonds is 4. The predicted molar refractivity (Wildman–Crippen MR) is 94.9 cm³/mol. The molecule has 0 radical (unpaired) electrons. The van der Waals surface area contributed by atoms with E-state index in [-0.39, 0.29) is 11.8 Å². The number of morpholine rings is 1. The van der Waals surface area contributed by atoms with Crippen LogP contribution in [-0.2, 0) is 14.3 Å². The van der Waals surface area contributed by atoms with Gasteiger partial charge in [0.15, 0.2) is 0 Å². The Hall–Kier alpha value is -2.41. The van der Waals surface area contributed by atoms with E-state index in [4.69, 9.17) is 4.74 Å². The molecule has 1 aliphatic heterocycles. The summed E-state index contributed by atoms with van der Waals surface area (Å²) in [6.07, 6.45) is 2.74. The van der Waals surface area contributed by atoms with E-state index >= 15 is 0 Å². The van der Waals surface area contributed by atoms with Crippen molar-refractivity contribution in [2.45, 2.75) is 25.7 Å². The van der Waals surface area contributed by atoms with Crippen molar-refractivity contribution in [1.82, 2.24) is 4.90 Å². The zero-order valence-corrected chi connectivity index (χ0v) is 14.6. The van der Waals surface area contributed by atoms with Crippen molar-refractivity contribution in [2.24, 2.45) is 11.8 Å². The molecule has 2 aliphatic rings. The number of hydrogen-bond acceptors (Lipinski definition) is 4. The molecule has 1 aromatic carbocycles. The number of benzene rings is 1. The number of para-hydroxylation sites is 1. The number of anilines is 1. The summed E-state index contributed by atoms with van der Waals surface area (Å²) >= 11 is 0. The highest BCUT2D eigenvalue weighted by molar-refractivity contribution is 6.04. The normalized spacial score (nSPS) is 23.3. The van der Waals surface area contributed by atoms with Crippen molar-refractivity contribution in [2.75, 3.05) is 31.6 Å². The monoisotopic (exact) mass is 360 g/mol. The molecular weight excluding hydrogens is 336 g/mol. The van der Waals surface area contributed by atoms with Crippen LogP contribution in [0.1, 0.15) is 36.0 Å². The third-order valence-electron chi connectivity index (χ3n) is 5.13. The Bertz CT molecular complexity index is 684. The SMILES string of the molecule is O=C(O)[C@H]1CCCC[C@@H]1C(=O)Nc1ccccc1C(=O)N1CCOCC1. The number of amides is 2. The molecule has 3 rings (SSSR count). The Morgan fingerprint density at radius 2 is 1.69 bits per heavy atom. The lowest BCUT2D eigenvalue weighted by Gasteiger charge is -2.29. The minimum atomic E-state index is -0.928. The third-order valence-corrected chi connectivity index (χ3v) is 5.13. The smallest absolute Gasteiger partial charge is 0.307 e. The molecular formula is C19H24N2O5. The molecule has 0 aromatic heterocycles. The van der Waals surface area contributed by atoms with E-state index in [9.17, 15) is 19.5 Å². The molecule has 0 unspecified atom stereocenters. The summed E-state index contributed by atoms with van der Waals surface area (Å²) in [4.78, 5) is 38.6. The van der Waals surface area contributed by atoms with Crippen LogP contribution in [0.2, 0.25) is 0 Å². The van der Waals surface area contributed by atoms with Gasteiger partial charge in [0.1, 0.15) is 0 Å². The van der Waals surface area contributed by atoms with E-state index in [1.807, 2.05) is 0 Å². The number of carboxylic acid groups (broad SMARTS) is 1. The summed E-state index contributed by atoms with van der Waals surface area (Å²) in [6.45, 7) is 2.04. The summed E-state index contributed by atoms with van der Waals surface area (Å²) in [6, 6.07) is 6.87. The zero-order valence-electron chi connectivity index (χ0n) is 14.6. The molecule has 2 fully saturated rings. The van der Waals surface area contributed by atoms with Crippen molar-refractivity contribution >= 4 is 23.5 Å². The van der Waals surface area contributed by atoms with Gasteiger partial charge in [0.2, 0.25) is 5.91 Å². The van der Waals surface area contributed by atoms with Gasteiger partial charge in [0.25, 0.3) is 5.91 Å². The van der Waals surface area contributed by atoms with Crippen molar-refractivity contribution in [3.05, 3.63) is 29.8 Å². The molecule has 1 saturated heterocycles.